The molecule has 4 heteroatoms. The molecule has 34 heavy (non-hydrogen) atoms. The Kier molecular flexibility index (Phi) is 8.24. The van der Waals surface area contributed by atoms with Gasteiger partial charge in [0.2, 0.25) is 0 Å². The molecule has 0 bridgehead atoms. The highest BCUT2D eigenvalue weighted by Crippen LogP contribution is 2.32. The van der Waals surface area contributed by atoms with Crippen LogP contribution in [-0.4, -0.2) is 30.6 Å². The number of carbonyl (C=O) groups excluding carboxylic acids is 1. The molecule has 0 radical (unpaired) electrons. The Morgan fingerprint density at radius 1 is 0.912 bits per heavy atom. The molecule has 0 spiro atoms. The molecule has 0 aliphatic heterocycles. The number of amides is 1. The minimum atomic E-state index is 0.0810. The summed E-state index contributed by atoms with van der Waals surface area (Å²) in [4.78, 5) is 15.5. The van der Waals surface area contributed by atoms with Crippen LogP contribution in [0.1, 0.15) is 61.4 Å². The highest BCUT2D eigenvalue weighted by Gasteiger charge is 2.33. The third-order valence-electron chi connectivity index (χ3n) is 6.35. The monoisotopic (exact) mass is 457 g/mol. The lowest BCUT2D eigenvalue weighted by molar-refractivity contribution is 0.0728. The quantitative estimate of drug-likeness (QED) is 0.272. The van der Waals surface area contributed by atoms with E-state index in [0.717, 1.165) is 59.6 Å². The van der Waals surface area contributed by atoms with Gasteiger partial charge in [0.15, 0.2) is 0 Å². The van der Waals surface area contributed by atoms with Crippen molar-refractivity contribution in [2.75, 3.05) is 13.7 Å². The number of benzene rings is 3. The van der Waals surface area contributed by atoms with Crippen LogP contribution in [0.3, 0.4) is 0 Å². The smallest absolute Gasteiger partial charge is 0.254 e. The zero-order chi connectivity index (χ0) is 23.8. The van der Waals surface area contributed by atoms with Gasteiger partial charge in [0.1, 0.15) is 11.5 Å². The van der Waals surface area contributed by atoms with Crippen molar-refractivity contribution >= 4 is 5.91 Å². The number of carbonyl (C=O) groups is 1. The Bertz CT molecular complexity index is 1070. The molecule has 3 aromatic rings. The summed E-state index contributed by atoms with van der Waals surface area (Å²) < 4.78 is 11.4. The Hall–Kier alpha value is -3.27. The largest absolute Gasteiger partial charge is 0.497 e. The molecule has 0 saturated heterocycles. The lowest BCUT2D eigenvalue weighted by atomic mass is 10.0. The summed E-state index contributed by atoms with van der Waals surface area (Å²) in [6.07, 6.45) is 6.84. The third-order valence-corrected chi connectivity index (χ3v) is 6.35. The van der Waals surface area contributed by atoms with E-state index < -0.39 is 0 Å². The average molecular weight is 458 g/mol. The van der Waals surface area contributed by atoms with Crippen molar-refractivity contribution in [2.24, 2.45) is 0 Å². The normalized spacial score (nSPS) is 12.9. The maximum absolute atomic E-state index is 13.5. The third kappa shape index (κ3) is 6.19. The van der Waals surface area contributed by atoms with Crippen molar-refractivity contribution in [1.82, 2.24) is 4.90 Å². The highest BCUT2D eigenvalue weighted by atomic mass is 16.5. The molecule has 4 rings (SSSR count). The van der Waals surface area contributed by atoms with Gasteiger partial charge in [-0.15, -0.1) is 0 Å². The molecule has 1 fully saturated rings. The fourth-order valence-corrected chi connectivity index (χ4v) is 4.20. The SMILES string of the molecule is CCCCCCOc1ccccc1CN(C(=O)c1ccc(-c2cccc(OC)c2)cc1)C1CC1. The van der Waals surface area contributed by atoms with Crippen LogP contribution in [-0.2, 0) is 6.54 Å². The second-order valence-electron chi connectivity index (χ2n) is 8.99. The molecule has 4 nitrogen and oxygen atoms in total. The lowest BCUT2D eigenvalue weighted by Crippen LogP contribution is -2.32. The summed E-state index contributed by atoms with van der Waals surface area (Å²) in [5.74, 6) is 1.80. The highest BCUT2D eigenvalue weighted by molar-refractivity contribution is 5.95. The van der Waals surface area contributed by atoms with Gasteiger partial charge in [-0.2, -0.15) is 0 Å². The molecular weight excluding hydrogens is 422 g/mol. The maximum Gasteiger partial charge on any atom is 0.254 e. The first-order valence-corrected chi connectivity index (χ1v) is 12.5. The van der Waals surface area contributed by atoms with E-state index in [1.54, 1.807) is 7.11 Å². The van der Waals surface area contributed by atoms with Gasteiger partial charge in [-0.1, -0.05) is 68.7 Å². The zero-order valence-corrected chi connectivity index (χ0v) is 20.3. The lowest BCUT2D eigenvalue weighted by Gasteiger charge is -2.24. The number of unbranched alkanes of at least 4 members (excludes halogenated alkanes) is 3. The molecule has 178 valence electrons. The summed E-state index contributed by atoms with van der Waals surface area (Å²) >= 11 is 0. The molecule has 1 aliphatic carbocycles. The minimum absolute atomic E-state index is 0.0810. The van der Waals surface area contributed by atoms with Crippen molar-refractivity contribution in [3.63, 3.8) is 0 Å². The summed E-state index contributed by atoms with van der Waals surface area (Å²) in [6, 6.07) is 24.3. The molecule has 1 saturated carbocycles. The first kappa shape index (κ1) is 23.9. The predicted molar refractivity (Wildman–Crippen MR) is 137 cm³/mol. The molecule has 0 aromatic heterocycles. The van der Waals surface area contributed by atoms with Crippen LogP contribution in [0.5, 0.6) is 11.5 Å². The molecule has 0 unspecified atom stereocenters. The van der Waals surface area contributed by atoms with Crippen LogP contribution in [0, 0.1) is 0 Å². The summed E-state index contributed by atoms with van der Waals surface area (Å²) in [5, 5.41) is 0. The van der Waals surface area contributed by atoms with Crippen LogP contribution in [0.15, 0.2) is 72.8 Å². The van der Waals surface area contributed by atoms with E-state index in [4.69, 9.17) is 9.47 Å². The van der Waals surface area contributed by atoms with Gasteiger partial charge in [0.25, 0.3) is 5.91 Å². The first-order valence-electron chi connectivity index (χ1n) is 12.5. The van der Waals surface area contributed by atoms with Crippen molar-refractivity contribution in [3.05, 3.63) is 83.9 Å². The van der Waals surface area contributed by atoms with Gasteiger partial charge < -0.3 is 14.4 Å². The Morgan fingerprint density at radius 2 is 1.71 bits per heavy atom. The Labute approximate surface area is 203 Å². The molecule has 0 atom stereocenters. The van der Waals surface area contributed by atoms with Gasteiger partial charge in [0, 0.05) is 23.7 Å². The Balaban J connectivity index is 1.46. The summed E-state index contributed by atoms with van der Waals surface area (Å²) in [7, 11) is 1.67. The van der Waals surface area contributed by atoms with E-state index in [2.05, 4.69) is 19.1 Å². The van der Waals surface area contributed by atoms with Crippen LogP contribution in [0.4, 0.5) is 0 Å². The van der Waals surface area contributed by atoms with Crippen LogP contribution in [0.25, 0.3) is 11.1 Å². The minimum Gasteiger partial charge on any atom is -0.497 e. The van der Waals surface area contributed by atoms with Gasteiger partial charge in [0.05, 0.1) is 13.7 Å². The van der Waals surface area contributed by atoms with Crippen molar-refractivity contribution < 1.29 is 14.3 Å². The van der Waals surface area contributed by atoms with Crippen molar-refractivity contribution in [3.8, 4) is 22.6 Å². The number of hydrogen-bond acceptors (Lipinski definition) is 3. The van der Waals surface area contributed by atoms with E-state index >= 15 is 0 Å². The topological polar surface area (TPSA) is 38.8 Å². The van der Waals surface area contributed by atoms with E-state index in [1.165, 1.54) is 19.3 Å². The molecule has 0 N–H and O–H groups in total. The molecule has 1 aliphatic rings. The molecule has 3 aromatic carbocycles. The van der Waals surface area contributed by atoms with Gasteiger partial charge in [-0.05, 0) is 60.7 Å². The van der Waals surface area contributed by atoms with Crippen LogP contribution >= 0.6 is 0 Å². The van der Waals surface area contributed by atoms with Gasteiger partial charge in [-0.3, -0.25) is 4.79 Å². The van der Waals surface area contributed by atoms with Crippen LogP contribution in [0.2, 0.25) is 0 Å². The van der Waals surface area contributed by atoms with Crippen LogP contribution < -0.4 is 9.47 Å². The van der Waals surface area contributed by atoms with E-state index in [-0.39, 0.29) is 5.91 Å². The second kappa shape index (κ2) is 11.7. The Morgan fingerprint density at radius 3 is 2.44 bits per heavy atom. The predicted octanol–water partition coefficient (Wildman–Crippen LogP) is 7.13. The standard InChI is InChI=1S/C30H35NO3/c1-3-4-5-8-20-34-29-13-7-6-10-26(29)22-31(27-18-19-27)30(32)24-16-14-23(15-17-24)25-11-9-12-28(21-25)33-2/h6-7,9-17,21,27H,3-5,8,18-20,22H2,1-2H3. The maximum atomic E-state index is 13.5. The number of ether oxygens (including phenoxy) is 2. The molecule has 1 amide bonds. The van der Waals surface area contributed by atoms with Gasteiger partial charge in [-0.25, -0.2) is 0 Å². The number of methoxy groups -OCH3 is 1. The van der Waals surface area contributed by atoms with E-state index in [1.807, 2.05) is 65.6 Å². The fraction of sp³-hybridized carbons (Fsp3) is 0.367. The van der Waals surface area contributed by atoms with Gasteiger partial charge >= 0.3 is 0 Å². The number of hydrogen-bond donors (Lipinski definition) is 0. The molecule has 0 heterocycles. The summed E-state index contributed by atoms with van der Waals surface area (Å²) in [6.45, 7) is 3.51. The first-order chi connectivity index (χ1) is 16.7. The van der Waals surface area contributed by atoms with Crippen molar-refractivity contribution in [2.45, 2.75) is 58.0 Å². The number of nitrogens with zero attached hydrogens (tertiary/aromatic N) is 1. The summed E-state index contributed by atoms with van der Waals surface area (Å²) in [5.41, 5.74) is 3.93. The van der Waals surface area contributed by atoms with E-state index in [9.17, 15) is 4.79 Å². The van der Waals surface area contributed by atoms with Crippen molar-refractivity contribution in [1.29, 1.82) is 0 Å². The number of rotatable bonds is 12. The number of para-hydroxylation sites is 1. The van der Waals surface area contributed by atoms with E-state index in [0.29, 0.717) is 12.6 Å². The second-order valence-corrected chi connectivity index (χ2v) is 8.99. The fourth-order valence-electron chi connectivity index (χ4n) is 4.20. The zero-order valence-electron chi connectivity index (χ0n) is 20.3. The average Bonchev–Trinajstić information content (AvgIpc) is 3.73. The molecular formula is C30H35NO3.